The van der Waals surface area contributed by atoms with E-state index >= 15 is 0 Å². The maximum absolute atomic E-state index is 11.8. The van der Waals surface area contributed by atoms with Crippen LogP contribution in [0.1, 0.15) is 34.1 Å². The fraction of sp³-hybridized carbons (Fsp3) is 0.714. The standard InChI is InChI=1S/C14H23NO4/c1-5-18-12(16)7-6-11-8-9-15(10-11)13(17)19-14(2,3)4/h6-7,11H,5,8-10H2,1-4H3/b7-6+. The molecule has 5 heteroatoms. The normalized spacial score (nSPS) is 19.8. The minimum absolute atomic E-state index is 0.192. The molecular formula is C14H23NO4. The van der Waals surface area contributed by atoms with Crippen molar-refractivity contribution in [2.75, 3.05) is 19.7 Å². The number of amides is 1. The number of hydrogen-bond donors (Lipinski definition) is 0. The molecule has 1 fully saturated rings. The summed E-state index contributed by atoms with van der Waals surface area (Å²) in [6.45, 7) is 8.93. The van der Waals surface area contributed by atoms with Crippen molar-refractivity contribution in [3.8, 4) is 0 Å². The van der Waals surface area contributed by atoms with Gasteiger partial charge in [-0.3, -0.25) is 0 Å². The first-order valence-electron chi connectivity index (χ1n) is 6.64. The summed E-state index contributed by atoms with van der Waals surface area (Å²) in [4.78, 5) is 24.7. The summed E-state index contributed by atoms with van der Waals surface area (Å²) in [5.41, 5.74) is -0.476. The highest BCUT2D eigenvalue weighted by Gasteiger charge is 2.28. The van der Waals surface area contributed by atoms with E-state index in [1.807, 2.05) is 26.8 Å². The molecule has 1 atom stereocenters. The number of hydrogen-bond acceptors (Lipinski definition) is 4. The Bertz CT molecular complexity index is 357. The van der Waals surface area contributed by atoms with Crippen LogP contribution in [0.15, 0.2) is 12.2 Å². The van der Waals surface area contributed by atoms with E-state index in [4.69, 9.17) is 9.47 Å². The Morgan fingerprint density at radius 3 is 2.63 bits per heavy atom. The Hall–Kier alpha value is -1.52. The van der Waals surface area contributed by atoms with E-state index in [0.29, 0.717) is 19.7 Å². The molecule has 1 unspecified atom stereocenters. The van der Waals surface area contributed by atoms with Crippen molar-refractivity contribution >= 4 is 12.1 Å². The van der Waals surface area contributed by atoms with Crippen molar-refractivity contribution in [2.24, 2.45) is 5.92 Å². The van der Waals surface area contributed by atoms with Crippen molar-refractivity contribution in [1.82, 2.24) is 4.90 Å². The summed E-state index contributed by atoms with van der Waals surface area (Å²) >= 11 is 0. The molecule has 0 spiro atoms. The SMILES string of the molecule is CCOC(=O)/C=C/C1CCN(C(=O)OC(C)(C)C)C1. The van der Waals surface area contributed by atoms with Gasteiger partial charge in [-0.1, -0.05) is 6.08 Å². The van der Waals surface area contributed by atoms with E-state index in [1.165, 1.54) is 6.08 Å². The van der Waals surface area contributed by atoms with Gasteiger partial charge in [-0.2, -0.15) is 0 Å². The van der Waals surface area contributed by atoms with E-state index in [0.717, 1.165) is 6.42 Å². The second-order valence-electron chi connectivity index (χ2n) is 5.59. The minimum Gasteiger partial charge on any atom is -0.463 e. The van der Waals surface area contributed by atoms with Gasteiger partial charge in [0.15, 0.2) is 0 Å². The number of esters is 1. The lowest BCUT2D eigenvalue weighted by Gasteiger charge is -2.24. The van der Waals surface area contributed by atoms with Crippen molar-refractivity contribution in [2.45, 2.75) is 39.7 Å². The minimum atomic E-state index is -0.476. The molecule has 0 bridgehead atoms. The van der Waals surface area contributed by atoms with Gasteiger partial charge in [0.05, 0.1) is 6.61 Å². The van der Waals surface area contributed by atoms with Crippen LogP contribution >= 0.6 is 0 Å². The number of carbonyl (C=O) groups is 2. The Balaban J connectivity index is 2.41. The molecule has 0 N–H and O–H groups in total. The highest BCUT2D eigenvalue weighted by Crippen LogP contribution is 2.20. The second kappa shape index (κ2) is 6.59. The van der Waals surface area contributed by atoms with Gasteiger partial charge in [0.2, 0.25) is 0 Å². The van der Waals surface area contributed by atoms with Gasteiger partial charge in [-0.15, -0.1) is 0 Å². The third kappa shape index (κ3) is 5.77. The first kappa shape index (κ1) is 15.5. The van der Waals surface area contributed by atoms with Gasteiger partial charge >= 0.3 is 12.1 Å². The zero-order valence-electron chi connectivity index (χ0n) is 12.1. The first-order valence-corrected chi connectivity index (χ1v) is 6.64. The van der Waals surface area contributed by atoms with Crippen LogP contribution in [-0.4, -0.2) is 42.3 Å². The fourth-order valence-corrected chi connectivity index (χ4v) is 1.84. The highest BCUT2D eigenvalue weighted by atomic mass is 16.6. The summed E-state index contributed by atoms with van der Waals surface area (Å²) in [6.07, 6.45) is 3.80. The highest BCUT2D eigenvalue weighted by molar-refractivity contribution is 5.81. The monoisotopic (exact) mass is 269 g/mol. The van der Waals surface area contributed by atoms with Gasteiger partial charge in [0.1, 0.15) is 5.60 Å². The van der Waals surface area contributed by atoms with Crippen LogP contribution in [0.4, 0.5) is 4.79 Å². The molecule has 19 heavy (non-hydrogen) atoms. The van der Waals surface area contributed by atoms with Crippen LogP contribution in [0.2, 0.25) is 0 Å². The van der Waals surface area contributed by atoms with Gasteiger partial charge in [0.25, 0.3) is 0 Å². The van der Waals surface area contributed by atoms with Crippen LogP contribution in [0, 0.1) is 5.92 Å². The summed E-state index contributed by atoms with van der Waals surface area (Å²) in [6, 6.07) is 0. The van der Waals surface area contributed by atoms with E-state index < -0.39 is 5.60 Å². The molecule has 1 amide bonds. The van der Waals surface area contributed by atoms with E-state index in [2.05, 4.69) is 0 Å². The number of likely N-dealkylation sites (tertiary alicyclic amines) is 1. The predicted molar refractivity (Wildman–Crippen MR) is 71.7 cm³/mol. The molecule has 0 saturated carbocycles. The molecule has 1 saturated heterocycles. The quantitative estimate of drug-likeness (QED) is 0.583. The van der Waals surface area contributed by atoms with Crippen LogP contribution in [0.25, 0.3) is 0 Å². The zero-order chi connectivity index (χ0) is 14.5. The molecule has 1 aliphatic rings. The van der Waals surface area contributed by atoms with Crippen molar-refractivity contribution < 1.29 is 19.1 Å². The van der Waals surface area contributed by atoms with Gasteiger partial charge in [-0.05, 0) is 40.0 Å². The lowest BCUT2D eigenvalue weighted by Crippen LogP contribution is -2.35. The topological polar surface area (TPSA) is 55.8 Å². The van der Waals surface area contributed by atoms with Crippen LogP contribution in [-0.2, 0) is 14.3 Å². The second-order valence-corrected chi connectivity index (χ2v) is 5.59. The first-order chi connectivity index (χ1) is 8.81. The molecule has 0 radical (unpaired) electrons. The number of carbonyl (C=O) groups excluding carboxylic acids is 2. The molecule has 0 aliphatic carbocycles. The van der Waals surface area contributed by atoms with Crippen LogP contribution in [0.5, 0.6) is 0 Å². The maximum atomic E-state index is 11.8. The summed E-state index contributed by atoms with van der Waals surface area (Å²) in [7, 11) is 0. The predicted octanol–water partition coefficient (Wildman–Crippen LogP) is 2.36. The molecule has 0 aromatic rings. The zero-order valence-corrected chi connectivity index (χ0v) is 12.1. The number of ether oxygens (including phenoxy) is 2. The number of nitrogens with zero attached hydrogens (tertiary/aromatic N) is 1. The third-order valence-corrected chi connectivity index (χ3v) is 2.67. The lowest BCUT2D eigenvalue weighted by molar-refractivity contribution is -0.137. The fourth-order valence-electron chi connectivity index (χ4n) is 1.84. The van der Waals surface area contributed by atoms with Gasteiger partial charge in [0, 0.05) is 19.2 Å². The molecular weight excluding hydrogens is 246 g/mol. The Kier molecular flexibility index (Phi) is 5.39. The van der Waals surface area contributed by atoms with E-state index in [1.54, 1.807) is 11.8 Å². The molecule has 5 nitrogen and oxygen atoms in total. The van der Waals surface area contributed by atoms with Crippen molar-refractivity contribution in [1.29, 1.82) is 0 Å². The molecule has 1 rings (SSSR count). The Morgan fingerprint density at radius 2 is 2.05 bits per heavy atom. The Morgan fingerprint density at radius 1 is 1.37 bits per heavy atom. The van der Waals surface area contributed by atoms with Gasteiger partial charge in [-0.25, -0.2) is 9.59 Å². The number of rotatable bonds is 3. The molecule has 1 heterocycles. The lowest BCUT2D eigenvalue weighted by atomic mass is 10.1. The summed E-state index contributed by atoms with van der Waals surface area (Å²) in [5, 5.41) is 0. The molecule has 1 aliphatic heterocycles. The van der Waals surface area contributed by atoms with E-state index in [9.17, 15) is 9.59 Å². The largest absolute Gasteiger partial charge is 0.463 e. The van der Waals surface area contributed by atoms with Crippen molar-refractivity contribution in [3.05, 3.63) is 12.2 Å². The summed E-state index contributed by atoms with van der Waals surface area (Å²) < 4.78 is 10.1. The Labute approximate surface area is 114 Å². The maximum Gasteiger partial charge on any atom is 0.410 e. The van der Waals surface area contributed by atoms with Crippen LogP contribution in [0.3, 0.4) is 0 Å². The van der Waals surface area contributed by atoms with Crippen molar-refractivity contribution in [3.63, 3.8) is 0 Å². The molecule has 0 aromatic carbocycles. The molecule has 0 aromatic heterocycles. The summed E-state index contributed by atoms with van der Waals surface area (Å²) in [5.74, 6) is -0.143. The third-order valence-electron chi connectivity index (χ3n) is 2.67. The van der Waals surface area contributed by atoms with E-state index in [-0.39, 0.29) is 18.0 Å². The van der Waals surface area contributed by atoms with Crippen LogP contribution < -0.4 is 0 Å². The average molecular weight is 269 g/mol. The van der Waals surface area contributed by atoms with Gasteiger partial charge < -0.3 is 14.4 Å². The molecule has 108 valence electrons. The smallest absolute Gasteiger partial charge is 0.410 e. The average Bonchev–Trinajstić information content (AvgIpc) is 2.73.